The standard InChI is InChI=1S/C23H24BrFN2O2/c1-12(23(28)29)11-27-13(2)10-16-15-6-4-5-7-19(15)26-21(16)22(27)20-14(3)17(24)8-9-18(20)25/h4-9,12-13,22,26H,10-11H2,1-3H3,(H,28,29)/t12?,13-,22-/m1/s1. The molecular formula is C23H24BrFN2O2. The number of H-pyrrole nitrogens is 1. The Hall–Kier alpha value is -2.18. The number of nitrogens with one attached hydrogen (secondary N) is 1. The summed E-state index contributed by atoms with van der Waals surface area (Å²) in [6.45, 7) is 6.05. The summed E-state index contributed by atoms with van der Waals surface area (Å²) in [5.41, 5.74) is 4.60. The lowest BCUT2D eigenvalue weighted by Gasteiger charge is -2.42. The van der Waals surface area contributed by atoms with Crippen LogP contribution in [-0.4, -0.2) is 33.5 Å². The number of fused-ring (bicyclic) bond motifs is 3. The summed E-state index contributed by atoms with van der Waals surface area (Å²) in [7, 11) is 0. The quantitative estimate of drug-likeness (QED) is 0.547. The Morgan fingerprint density at radius 1 is 1.34 bits per heavy atom. The summed E-state index contributed by atoms with van der Waals surface area (Å²) in [5.74, 6) is -1.67. The van der Waals surface area contributed by atoms with Gasteiger partial charge in [0.1, 0.15) is 5.82 Å². The first-order chi connectivity index (χ1) is 13.8. The second-order valence-corrected chi connectivity index (χ2v) is 8.88. The highest BCUT2D eigenvalue weighted by atomic mass is 79.9. The molecule has 1 unspecified atom stereocenters. The van der Waals surface area contributed by atoms with Crippen LogP contribution < -0.4 is 0 Å². The molecule has 2 aromatic carbocycles. The number of para-hydroxylation sites is 1. The number of benzene rings is 2. The molecule has 1 aliphatic rings. The molecule has 2 N–H and O–H groups in total. The van der Waals surface area contributed by atoms with Gasteiger partial charge in [-0.15, -0.1) is 0 Å². The van der Waals surface area contributed by atoms with Crippen LogP contribution in [0.3, 0.4) is 0 Å². The molecule has 152 valence electrons. The molecule has 6 heteroatoms. The van der Waals surface area contributed by atoms with Gasteiger partial charge in [-0.3, -0.25) is 9.69 Å². The van der Waals surface area contributed by atoms with E-state index in [1.165, 1.54) is 11.6 Å². The largest absolute Gasteiger partial charge is 0.481 e. The summed E-state index contributed by atoms with van der Waals surface area (Å²) in [5, 5.41) is 10.7. The smallest absolute Gasteiger partial charge is 0.307 e. The number of rotatable bonds is 4. The fourth-order valence-electron chi connectivity index (χ4n) is 4.50. The number of hydrogen-bond donors (Lipinski definition) is 2. The van der Waals surface area contributed by atoms with Crippen LogP contribution >= 0.6 is 15.9 Å². The molecule has 1 aromatic heterocycles. The zero-order chi connectivity index (χ0) is 20.9. The van der Waals surface area contributed by atoms with E-state index in [1.807, 2.05) is 25.1 Å². The van der Waals surface area contributed by atoms with Crippen LogP contribution in [0.25, 0.3) is 10.9 Å². The molecule has 4 nitrogen and oxygen atoms in total. The number of carboxylic acids is 1. The van der Waals surface area contributed by atoms with Crippen LogP contribution in [0, 0.1) is 18.7 Å². The molecule has 1 aliphatic heterocycles. The predicted octanol–water partition coefficient (Wildman–Crippen LogP) is 5.43. The lowest BCUT2D eigenvalue weighted by atomic mass is 9.86. The maximum Gasteiger partial charge on any atom is 0.307 e. The second kappa shape index (κ2) is 7.58. The molecule has 3 aromatic rings. The number of nitrogens with zero attached hydrogens (tertiary/aromatic N) is 1. The second-order valence-electron chi connectivity index (χ2n) is 8.02. The molecule has 2 heterocycles. The van der Waals surface area contributed by atoms with E-state index in [9.17, 15) is 9.90 Å². The number of halogens is 2. The molecule has 0 bridgehead atoms. The summed E-state index contributed by atoms with van der Waals surface area (Å²) >= 11 is 3.54. The van der Waals surface area contributed by atoms with Crippen molar-refractivity contribution in [3.05, 3.63) is 69.1 Å². The van der Waals surface area contributed by atoms with Crippen molar-refractivity contribution in [2.75, 3.05) is 6.54 Å². The van der Waals surface area contributed by atoms with Crippen LogP contribution in [-0.2, 0) is 11.2 Å². The lowest BCUT2D eigenvalue weighted by Crippen LogP contribution is -2.46. The Balaban J connectivity index is 1.96. The van der Waals surface area contributed by atoms with Crippen molar-refractivity contribution >= 4 is 32.8 Å². The van der Waals surface area contributed by atoms with E-state index < -0.39 is 11.9 Å². The van der Waals surface area contributed by atoms with Crippen LogP contribution in [0.1, 0.15) is 42.3 Å². The predicted molar refractivity (Wildman–Crippen MR) is 116 cm³/mol. The van der Waals surface area contributed by atoms with Gasteiger partial charge < -0.3 is 10.1 Å². The number of carboxylic acid groups (broad SMARTS) is 1. The zero-order valence-electron chi connectivity index (χ0n) is 16.7. The molecule has 0 radical (unpaired) electrons. The first kappa shape index (κ1) is 20.1. The Kier molecular flexibility index (Phi) is 5.25. The highest BCUT2D eigenvalue weighted by Crippen LogP contribution is 2.43. The van der Waals surface area contributed by atoms with E-state index in [4.69, 9.17) is 0 Å². The van der Waals surface area contributed by atoms with E-state index in [-0.39, 0.29) is 17.9 Å². The van der Waals surface area contributed by atoms with E-state index in [2.05, 4.69) is 38.8 Å². The van der Waals surface area contributed by atoms with Gasteiger partial charge in [-0.1, -0.05) is 41.1 Å². The summed E-state index contributed by atoms with van der Waals surface area (Å²) in [6.07, 6.45) is 0.789. The van der Waals surface area contributed by atoms with Gasteiger partial charge in [0.05, 0.1) is 12.0 Å². The highest BCUT2D eigenvalue weighted by Gasteiger charge is 2.39. The molecule has 0 saturated heterocycles. The van der Waals surface area contributed by atoms with Crippen molar-refractivity contribution < 1.29 is 14.3 Å². The van der Waals surface area contributed by atoms with Gasteiger partial charge in [0.2, 0.25) is 0 Å². The molecule has 3 atom stereocenters. The van der Waals surface area contributed by atoms with Gasteiger partial charge in [0.25, 0.3) is 0 Å². The van der Waals surface area contributed by atoms with Crippen molar-refractivity contribution in [1.29, 1.82) is 0 Å². The number of hydrogen-bond acceptors (Lipinski definition) is 2. The third kappa shape index (κ3) is 3.38. The molecular weight excluding hydrogens is 435 g/mol. The van der Waals surface area contributed by atoms with E-state index >= 15 is 4.39 Å². The molecule has 4 rings (SSSR count). The topological polar surface area (TPSA) is 56.3 Å². The summed E-state index contributed by atoms with van der Waals surface area (Å²) in [6, 6.07) is 11.0. The van der Waals surface area contributed by atoms with Crippen LogP contribution in [0.2, 0.25) is 0 Å². The number of aliphatic carboxylic acids is 1. The third-order valence-corrected chi connectivity index (χ3v) is 6.95. The maximum atomic E-state index is 15.2. The Labute approximate surface area is 177 Å². The molecule has 29 heavy (non-hydrogen) atoms. The van der Waals surface area contributed by atoms with E-state index in [1.54, 1.807) is 13.0 Å². The van der Waals surface area contributed by atoms with Gasteiger partial charge in [0, 0.05) is 39.2 Å². The number of aromatic nitrogens is 1. The zero-order valence-corrected chi connectivity index (χ0v) is 18.3. The normalized spacial score (nSPS) is 20.6. The maximum absolute atomic E-state index is 15.2. The van der Waals surface area contributed by atoms with Crippen LogP contribution in [0.5, 0.6) is 0 Å². The van der Waals surface area contributed by atoms with Crippen LogP contribution in [0.15, 0.2) is 40.9 Å². The molecule has 0 aliphatic carbocycles. The van der Waals surface area contributed by atoms with Crippen molar-refractivity contribution in [3.8, 4) is 0 Å². The highest BCUT2D eigenvalue weighted by molar-refractivity contribution is 9.10. The first-order valence-corrected chi connectivity index (χ1v) is 10.6. The minimum atomic E-state index is -0.843. The summed E-state index contributed by atoms with van der Waals surface area (Å²) < 4.78 is 16.0. The van der Waals surface area contributed by atoms with Gasteiger partial charge in [0.15, 0.2) is 0 Å². The summed E-state index contributed by atoms with van der Waals surface area (Å²) in [4.78, 5) is 17.2. The molecule has 0 fully saturated rings. The number of aromatic amines is 1. The minimum Gasteiger partial charge on any atom is -0.481 e. The van der Waals surface area contributed by atoms with E-state index in [0.29, 0.717) is 12.1 Å². The first-order valence-electron chi connectivity index (χ1n) is 9.82. The average Bonchev–Trinajstić information content (AvgIpc) is 3.05. The van der Waals surface area contributed by atoms with Crippen molar-refractivity contribution in [3.63, 3.8) is 0 Å². The lowest BCUT2D eigenvalue weighted by molar-refractivity contribution is -0.142. The number of carbonyl (C=O) groups is 1. The van der Waals surface area contributed by atoms with Gasteiger partial charge in [-0.25, -0.2) is 4.39 Å². The monoisotopic (exact) mass is 458 g/mol. The Morgan fingerprint density at radius 3 is 2.79 bits per heavy atom. The van der Waals surface area contributed by atoms with Crippen LogP contribution in [0.4, 0.5) is 4.39 Å². The Morgan fingerprint density at radius 2 is 2.07 bits per heavy atom. The minimum absolute atomic E-state index is 0.0753. The average molecular weight is 459 g/mol. The molecule has 0 spiro atoms. The van der Waals surface area contributed by atoms with Gasteiger partial charge in [-0.2, -0.15) is 0 Å². The van der Waals surface area contributed by atoms with Crippen molar-refractivity contribution in [1.82, 2.24) is 9.88 Å². The van der Waals surface area contributed by atoms with Crippen molar-refractivity contribution in [2.45, 2.75) is 39.3 Å². The van der Waals surface area contributed by atoms with Crippen molar-refractivity contribution in [2.24, 2.45) is 5.92 Å². The molecule has 0 amide bonds. The van der Waals surface area contributed by atoms with Gasteiger partial charge >= 0.3 is 5.97 Å². The SMILES string of the molecule is Cc1c(Br)ccc(F)c1[C@@H]1c2[nH]c3ccccc3c2C[C@@H](C)N1CC(C)C(=O)O. The Bertz CT molecular complexity index is 1090. The molecule has 0 saturated carbocycles. The fourth-order valence-corrected chi connectivity index (χ4v) is 4.85. The third-order valence-electron chi connectivity index (χ3n) is 6.09. The fraction of sp³-hybridized carbons (Fsp3) is 0.348. The van der Waals surface area contributed by atoms with Gasteiger partial charge in [-0.05, 0) is 49.6 Å². The van der Waals surface area contributed by atoms with E-state index in [0.717, 1.165) is 33.1 Å².